The second kappa shape index (κ2) is 10.7. The van der Waals surface area contributed by atoms with Gasteiger partial charge >= 0.3 is 0 Å². The molecule has 3 aromatic rings. The maximum absolute atomic E-state index is 5.83. The van der Waals surface area contributed by atoms with Crippen LogP contribution < -0.4 is 14.4 Å². The van der Waals surface area contributed by atoms with Gasteiger partial charge < -0.3 is 19.3 Å². The quantitative estimate of drug-likeness (QED) is 0.553. The number of rotatable bonds is 5. The summed E-state index contributed by atoms with van der Waals surface area (Å²) in [5.41, 5.74) is 1.90. The molecule has 1 saturated heterocycles. The fourth-order valence-corrected chi connectivity index (χ4v) is 3.89. The molecule has 162 valence electrons. The summed E-state index contributed by atoms with van der Waals surface area (Å²) >= 11 is 0. The van der Waals surface area contributed by atoms with Gasteiger partial charge in [-0.25, -0.2) is 4.98 Å². The molecule has 0 bridgehead atoms. The number of methoxy groups -OCH3 is 2. The van der Waals surface area contributed by atoms with Crippen molar-refractivity contribution in [1.82, 2.24) is 9.88 Å². The predicted molar refractivity (Wildman–Crippen MR) is 129 cm³/mol. The summed E-state index contributed by atoms with van der Waals surface area (Å²) in [4.78, 5) is 10.00. The van der Waals surface area contributed by atoms with E-state index in [1.807, 2.05) is 24.3 Å². The summed E-state index contributed by atoms with van der Waals surface area (Å²) in [6.45, 7) is 7.42. The lowest BCUT2D eigenvalue weighted by Crippen LogP contribution is -2.46. The summed E-state index contributed by atoms with van der Waals surface area (Å²) < 4.78 is 11.1. The summed E-state index contributed by atoms with van der Waals surface area (Å²) in [6.07, 6.45) is 0. The number of hydrogen-bond acceptors (Lipinski definition) is 5. The van der Waals surface area contributed by atoms with Crippen molar-refractivity contribution in [1.29, 1.82) is 0 Å². The number of ether oxygens (including phenoxy) is 2. The Hall–Kier alpha value is -2.21. The van der Waals surface area contributed by atoms with Gasteiger partial charge in [0.25, 0.3) is 0 Å². The van der Waals surface area contributed by atoms with Crippen LogP contribution in [0.5, 0.6) is 11.5 Å². The van der Waals surface area contributed by atoms with E-state index < -0.39 is 0 Å². The van der Waals surface area contributed by atoms with Crippen molar-refractivity contribution in [2.45, 2.75) is 6.92 Å². The number of likely N-dealkylation sites (N-methyl/N-ethyl adjacent to an activating group) is 1. The fourth-order valence-electron chi connectivity index (χ4n) is 3.89. The van der Waals surface area contributed by atoms with E-state index in [0.29, 0.717) is 0 Å². The maximum Gasteiger partial charge on any atom is 0.153 e. The molecule has 0 spiro atoms. The molecule has 2 aromatic carbocycles. The van der Waals surface area contributed by atoms with E-state index in [-0.39, 0.29) is 24.8 Å². The largest absolute Gasteiger partial charge is 0.497 e. The van der Waals surface area contributed by atoms with Crippen LogP contribution in [-0.2, 0) is 0 Å². The van der Waals surface area contributed by atoms with E-state index in [1.54, 1.807) is 14.2 Å². The highest BCUT2D eigenvalue weighted by Gasteiger charge is 2.22. The van der Waals surface area contributed by atoms with Crippen LogP contribution >= 0.6 is 24.8 Å². The van der Waals surface area contributed by atoms with Gasteiger partial charge in [0, 0.05) is 42.5 Å². The molecule has 0 N–H and O–H groups in total. The van der Waals surface area contributed by atoms with Crippen LogP contribution in [0, 0.1) is 0 Å². The second-order valence-corrected chi connectivity index (χ2v) is 7.01. The lowest BCUT2D eigenvalue weighted by molar-refractivity contribution is 0.271. The summed E-state index contributed by atoms with van der Waals surface area (Å²) in [5, 5.41) is 2.24. The third kappa shape index (κ3) is 4.59. The van der Waals surface area contributed by atoms with Crippen LogP contribution in [-0.4, -0.2) is 56.8 Å². The van der Waals surface area contributed by atoms with Crippen LogP contribution in [0.1, 0.15) is 6.92 Å². The zero-order valence-corrected chi connectivity index (χ0v) is 19.3. The minimum atomic E-state index is 0. The number of anilines is 1. The molecule has 0 aliphatic carbocycles. The lowest BCUT2D eigenvalue weighted by Gasteiger charge is -2.35. The van der Waals surface area contributed by atoms with Crippen molar-refractivity contribution in [2.75, 3.05) is 51.8 Å². The smallest absolute Gasteiger partial charge is 0.153 e. The molecule has 0 saturated carbocycles. The van der Waals surface area contributed by atoms with Gasteiger partial charge in [0.2, 0.25) is 0 Å². The summed E-state index contributed by atoms with van der Waals surface area (Å²) in [5.74, 6) is 2.69. The first-order valence-electron chi connectivity index (χ1n) is 9.83. The fraction of sp³-hybridized carbons (Fsp3) is 0.348. The Bertz CT molecular complexity index is 959. The molecule has 5 nitrogen and oxygen atoms in total. The molecule has 1 aromatic heterocycles. The van der Waals surface area contributed by atoms with Crippen LogP contribution in [0.2, 0.25) is 0 Å². The minimum Gasteiger partial charge on any atom is -0.497 e. The van der Waals surface area contributed by atoms with E-state index in [1.165, 1.54) is 0 Å². The first kappa shape index (κ1) is 24.1. The number of hydrogen-bond donors (Lipinski definition) is 0. The zero-order valence-electron chi connectivity index (χ0n) is 17.6. The second-order valence-electron chi connectivity index (χ2n) is 7.01. The third-order valence-corrected chi connectivity index (χ3v) is 5.53. The van der Waals surface area contributed by atoms with Gasteiger partial charge in [-0.2, -0.15) is 0 Å². The normalized spacial score (nSPS) is 14.0. The predicted octanol–water partition coefficient (Wildman–Crippen LogP) is 4.90. The van der Waals surface area contributed by atoms with E-state index in [0.717, 1.165) is 72.1 Å². The summed E-state index contributed by atoms with van der Waals surface area (Å²) in [6, 6.07) is 16.4. The van der Waals surface area contributed by atoms with Crippen molar-refractivity contribution in [2.24, 2.45) is 0 Å². The molecule has 30 heavy (non-hydrogen) atoms. The maximum atomic E-state index is 5.83. The van der Waals surface area contributed by atoms with Gasteiger partial charge in [-0.3, -0.25) is 0 Å². The van der Waals surface area contributed by atoms with Gasteiger partial charge in [0.15, 0.2) is 5.75 Å². The first-order valence-corrected chi connectivity index (χ1v) is 9.83. The van der Waals surface area contributed by atoms with Gasteiger partial charge in [-0.15, -0.1) is 24.8 Å². The van der Waals surface area contributed by atoms with Crippen molar-refractivity contribution in [3.63, 3.8) is 0 Å². The zero-order chi connectivity index (χ0) is 19.5. The molecule has 1 aliphatic heterocycles. The highest BCUT2D eigenvalue weighted by molar-refractivity contribution is 6.00. The monoisotopic (exact) mass is 449 g/mol. The molecular weight excluding hydrogens is 421 g/mol. The Labute approximate surface area is 190 Å². The highest BCUT2D eigenvalue weighted by atomic mass is 35.5. The van der Waals surface area contributed by atoms with E-state index in [4.69, 9.17) is 14.5 Å². The Morgan fingerprint density at radius 1 is 0.833 bits per heavy atom. The van der Waals surface area contributed by atoms with E-state index in [2.05, 4.69) is 41.0 Å². The highest BCUT2D eigenvalue weighted by Crippen LogP contribution is 2.40. The number of piperazine rings is 1. The molecule has 0 radical (unpaired) electrons. The number of fused-ring (bicyclic) bond motifs is 1. The van der Waals surface area contributed by atoms with Crippen LogP contribution in [0.4, 0.5) is 5.82 Å². The molecule has 1 fully saturated rings. The van der Waals surface area contributed by atoms with E-state index in [9.17, 15) is 0 Å². The molecular formula is C23H29Cl2N3O2. The SMILES string of the molecule is CCN1CCN(c2nc(-c3ccc(OC)cc3)c(OC)c3ccccc23)CC1.Cl.Cl. The van der Waals surface area contributed by atoms with E-state index >= 15 is 0 Å². The molecule has 2 heterocycles. The standard InChI is InChI=1S/C23H27N3O2.2ClH/c1-4-25-13-15-26(16-14-25)23-20-8-6-5-7-19(20)22(28-3)21(24-23)17-9-11-18(27-2)12-10-17;;/h5-12H,4,13-16H2,1-3H3;2*1H. The van der Waals surface area contributed by atoms with Crippen molar-refractivity contribution in [3.05, 3.63) is 48.5 Å². The van der Waals surface area contributed by atoms with Crippen LogP contribution in [0.25, 0.3) is 22.0 Å². The molecule has 1 aliphatic rings. The molecule has 0 amide bonds. The summed E-state index contributed by atoms with van der Waals surface area (Å²) in [7, 11) is 3.40. The lowest BCUT2D eigenvalue weighted by atomic mass is 10.0. The Kier molecular flexibility index (Phi) is 8.59. The first-order chi connectivity index (χ1) is 13.7. The van der Waals surface area contributed by atoms with Crippen LogP contribution in [0.15, 0.2) is 48.5 Å². The third-order valence-electron chi connectivity index (χ3n) is 5.53. The van der Waals surface area contributed by atoms with Gasteiger partial charge in [-0.1, -0.05) is 31.2 Å². The molecule has 7 heteroatoms. The van der Waals surface area contributed by atoms with Gasteiger partial charge in [0.05, 0.1) is 14.2 Å². The van der Waals surface area contributed by atoms with Gasteiger partial charge in [0.1, 0.15) is 17.3 Å². The number of halogens is 2. The molecule has 0 unspecified atom stereocenters. The number of pyridine rings is 1. The average molecular weight is 450 g/mol. The minimum absolute atomic E-state index is 0. The Morgan fingerprint density at radius 3 is 2.03 bits per heavy atom. The van der Waals surface area contributed by atoms with Crippen molar-refractivity contribution >= 4 is 41.4 Å². The van der Waals surface area contributed by atoms with Gasteiger partial charge in [-0.05, 0) is 30.8 Å². The number of nitrogens with zero attached hydrogens (tertiary/aromatic N) is 3. The molecule has 0 atom stereocenters. The molecule has 4 rings (SSSR count). The number of aromatic nitrogens is 1. The Balaban J connectivity index is 0.00000160. The average Bonchev–Trinajstić information content (AvgIpc) is 2.78. The number of benzene rings is 2. The topological polar surface area (TPSA) is 37.8 Å². The van der Waals surface area contributed by atoms with Crippen molar-refractivity contribution < 1.29 is 9.47 Å². The Morgan fingerprint density at radius 2 is 1.47 bits per heavy atom. The van der Waals surface area contributed by atoms with Crippen molar-refractivity contribution in [3.8, 4) is 22.8 Å². The van der Waals surface area contributed by atoms with Crippen LogP contribution in [0.3, 0.4) is 0 Å².